The van der Waals surface area contributed by atoms with E-state index in [0.717, 1.165) is 12.8 Å². The van der Waals surface area contributed by atoms with E-state index < -0.39 is 0 Å². The summed E-state index contributed by atoms with van der Waals surface area (Å²) in [6.07, 6.45) is 4.63. The standard InChI is InChI=1S/C12H17NO/c13-11-5-1-9(2-6-11)10-3-7-12(14)8-4-10/h3-4,7-9,11,14H,1-2,5-6,13H2. The molecular formula is C12H17NO. The molecule has 2 heteroatoms. The number of rotatable bonds is 1. The predicted molar refractivity (Wildman–Crippen MR) is 57.3 cm³/mol. The lowest BCUT2D eigenvalue weighted by atomic mass is 9.82. The van der Waals surface area contributed by atoms with Gasteiger partial charge in [-0.1, -0.05) is 12.1 Å². The summed E-state index contributed by atoms with van der Waals surface area (Å²) in [5.41, 5.74) is 7.20. The molecule has 76 valence electrons. The van der Waals surface area contributed by atoms with Crippen molar-refractivity contribution in [3.05, 3.63) is 29.8 Å². The molecule has 0 atom stereocenters. The summed E-state index contributed by atoms with van der Waals surface area (Å²) in [4.78, 5) is 0. The maximum Gasteiger partial charge on any atom is 0.115 e. The van der Waals surface area contributed by atoms with Gasteiger partial charge in [0.25, 0.3) is 0 Å². The third kappa shape index (κ3) is 2.07. The number of aromatic hydroxyl groups is 1. The van der Waals surface area contributed by atoms with E-state index in [1.165, 1.54) is 18.4 Å². The fourth-order valence-corrected chi connectivity index (χ4v) is 2.20. The Hall–Kier alpha value is -1.02. The van der Waals surface area contributed by atoms with Crippen molar-refractivity contribution in [1.82, 2.24) is 0 Å². The molecule has 0 spiro atoms. The van der Waals surface area contributed by atoms with Gasteiger partial charge >= 0.3 is 0 Å². The molecule has 3 N–H and O–H groups in total. The average molecular weight is 191 g/mol. The molecule has 2 rings (SSSR count). The van der Waals surface area contributed by atoms with Crippen molar-refractivity contribution in [3.63, 3.8) is 0 Å². The van der Waals surface area contributed by atoms with Crippen molar-refractivity contribution in [2.75, 3.05) is 0 Å². The number of nitrogens with two attached hydrogens (primary N) is 1. The Morgan fingerprint density at radius 1 is 1.00 bits per heavy atom. The molecule has 0 radical (unpaired) electrons. The van der Waals surface area contributed by atoms with E-state index in [9.17, 15) is 5.11 Å². The van der Waals surface area contributed by atoms with Crippen LogP contribution >= 0.6 is 0 Å². The second-order valence-corrected chi connectivity index (χ2v) is 4.20. The molecule has 1 aliphatic rings. The van der Waals surface area contributed by atoms with Gasteiger partial charge in [0, 0.05) is 6.04 Å². The lowest BCUT2D eigenvalue weighted by molar-refractivity contribution is 0.395. The molecule has 1 aliphatic carbocycles. The Bertz CT molecular complexity index is 286. The zero-order valence-electron chi connectivity index (χ0n) is 8.32. The molecule has 0 aliphatic heterocycles. The van der Waals surface area contributed by atoms with Crippen LogP contribution in [-0.4, -0.2) is 11.1 Å². The van der Waals surface area contributed by atoms with Crippen LogP contribution in [0.2, 0.25) is 0 Å². The van der Waals surface area contributed by atoms with Crippen LogP contribution < -0.4 is 5.73 Å². The van der Waals surface area contributed by atoms with E-state index in [2.05, 4.69) is 0 Å². The summed E-state index contributed by atoms with van der Waals surface area (Å²) in [5, 5.41) is 9.18. The third-order valence-corrected chi connectivity index (χ3v) is 3.14. The Balaban J connectivity index is 2.05. The summed E-state index contributed by atoms with van der Waals surface area (Å²) in [5.74, 6) is 0.997. The Labute approximate surface area is 84.7 Å². The van der Waals surface area contributed by atoms with E-state index in [1.54, 1.807) is 12.1 Å². The summed E-state index contributed by atoms with van der Waals surface area (Å²) < 4.78 is 0. The van der Waals surface area contributed by atoms with Crippen LogP contribution in [0.1, 0.15) is 37.2 Å². The van der Waals surface area contributed by atoms with Crippen LogP contribution in [0, 0.1) is 0 Å². The minimum atomic E-state index is 0.348. The van der Waals surface area contributed by atoms with Gasteiger partial charge in [0.05, 0.1) is 0 Å². The molecule has 14 heavy (non-hydrogen) atoms. The molecule has 0 aromatic heterocycles. The first-order valence-corrected chi connectivity index (χ1v) is 5.30. The Kier molecular flexibility index (Phi) is 2.73. The lowest BCUT2D eigenvalue weighted by Crippen LogP contribution is -2.25. The number of hydrogen-bond acceptors (Lipinski definition) is 2. The molecule has 2 nitrogen and oxygen atoms in total. The van der Waals surface area contributed by atoms with Gasteiger partial charge in [0.1, 0.15) is 5.75 Å². The summed E-state index contributed by atoms with van der Waals surface area (Å²) >= 11 is 0. The van der Waals surface area contributed by atoms with Gasteiger partial charge in [-0.3, -0.25) is 0 Å². The minimum Gasteiger partial charge on any atom is -0.508 e. The Morgan fingerprint density at radius 3 is 2.14 bits per heavy atom. The zero-order chi connectivity index (χ0) is 9.97. The first-order chi connectivity index (χ1) is 6.75. The van der Waals surface area contributed by atoms with Crippen molar-refractivity contribution in [2.24, 2.45) is 5.73 Å². The summed E-state index contributed by atoms with van der Waals surface area (Å²) in [6.45, 7) is 0. The van der Waals surface area contributed by atoms with Gasteiger partial charge in [-0.2, -0.15) is 0 Å². The fraction of sp³-hybridized carbons (Fsp3) is 0.500. The molecule has 1 saturated carbocycles. The number of hydrogen-bond donors (Lipinski definition) is 2. The first kappa shape index (κ1) is 9.53. The summed E-state index contributed by atoms with van der Waals surface area (Å²) in [6, 6.07) is 7.99. The van der Waals surface area contributed by atoms with Crippen LogP contribution in [0.5, 0.6) is 5.75 Å². The lowest BCUT2D eigenvalue weighted by Gasteiger charge is -2.26. The normalized spacial score (nSPS) is 27.5. The molecule has 0 amide bonds. The highest BCUT2D eigenvalue weighted by atomic mass is 16.3. The molecule has 1 fully saturated rings. The van der Waals surface area contributed by atoms with Crippen molar-refractivity contribution >= 4 is 0 Å². The van der Waals surface area contributed by atoms with Crippen LogP contribution in [0.15, 0.2) is 24.3 Å². The topological polar surface area (TPSA) is 46.2 Å². The quantitative estimate of drug-likeness (QED) is 0.716. The number of benzene rings is 1. The Morgan fingerprint density at radius 2 is 1.57 bits per heavy atom. The summed E-state index contributed by atoms with van der Waals surface area (Å²) in [7, 11) is 0. The van der Waals surface area contributed by atoms with Crippen LogP contribution in [0.4, 0.5) is 0 Å². The van der Waals surface area contributed by atoms with Crippen LogP contribution in [0.3, 0.4) is 0 Å². The van der Waals surface area contributed by atoms with Crippen molar-refractivity contribution in [3.8, 4) is 5.75 Å². The zero-order valence-corrected chi connectivity index (χ0v) is 8.32. The van der Waals surface area contributed by atoms with Crippen molar-refractivity contribution in [2.45, 2.75) is 37.6 Å². The van der Waals surface area contributed by atoms with E-state index in [0.29, 0.717) is 17.7 Å². The second kappa shape index (κ2) is 4.01. The van der Waals surface area contributed by atoms with Gasteiger partial charge in [0.15, 0.2) is 0 Å². The molecule has 1 aromatic carbocycles. The number of phenols is 1. The SMILES string of the molecule is NC1CCC(c2ccc(O)cc2)CC1. The van der Waals surface area contributed by atoms with Gasteiger partial charge < -0.3 is 10.8 Å². The molecule has 1 aromatic rings. The van der Waals surface area contributed by atoms with Crippen LogP contribution in [0.25, 0.3) is 0 Å². The maximum atomic E-state index is 9.18. The van der Waals surface area contributed by atoms with Gasteiger partial charge in [-0.15, -0.1) is 0 Å². The molecule has 0 bridgehead atoms. The fourth-order valence-electron chi connectivity index (χ4n) is 2.20. The smallest absolute Gasteiger partial charge is 0.115 e. The number of phenolic OH excluding ortho intramolecular Hbond substituents is 1. The second-order valence-electron chi connectivity index (χ2n) is 4.20. The molecule has 0 saturated heterocycles. The van der Waals surface area contributed by atoms with E-state index in [4.69, 9.17) is 5.73 Å². The van der Waals surface area contributed by atoms with Crippen molar-refractivity contribution in [1.29, 1.82) is 0 Å². The highest BCUT2D eigenvalue weighted by Crippen LogP contribution is 2.32. The predicted octanol–water partition coefficient (Wildman–Crippen LogP) is 2.38. The first-order valence-electron chi connectivity index (χ1n) is 5.30. The maximum absolute atomic E-state index is 9.18. The van der Waals surface area contributed by atoms with E-state index >= 15 is 0 Å². The molecular weight excluding hydrogens is 174 g/mol. The average Bonchev–Trinajstić information content (AvgIpc) is 2.21. The van der Waals surface area contributed by atoms with E-state index in [1.807, 2.05) is 12.1 Å². The van der Waals surface area contributed by atoms with Crippen LogP contribution in [-0.2, 0) is 0 Å². The van der Waals surface area contributed by atoms with Gasteiger partial charge in [-0.25, -0.2) is 0 Å². The third-order valence-electron chi connectivity index (χ3n) is 3.14. The molecule has 0 heterocycles. The molecule has 0 unspecified atom stereocenters. The monoisotopic (exact) mass is 191 g/mol. The van der Waals surface area contributed by atoms with Crippen molar-refractivity contribution < 1.29 is 5.11 Å². The minimum absolute atomic E-state index is 0.348. The highest BCUT2D eigenvalue weighted by Gasteiger charge is 2.19. The van der Waals surface area contributed by atoms with E-state index in [-0.39, 0.29) is 0 Å². The van der Waals surface area contributed by atoms with Gasteiger partial charge in [0.2, 0.25) is 0 Å². The largest absolute Gasteiger partial charge is 0.508 e. The van der Waals surface area contributed by atoms with Gasteiger partial charge in [-0.05, 0) is 49.3 Å². The highest BCUT2D eigenvalue weighted by molar-refractivity contribution is 5.28.